The zero-order valence-corrected chi connectivity index (χ0v) is 9.72. The third kappa shape index (κ3) is 4.55. The van der Waals surface area contributed by atoms with Gasteiger partial charge in [-0.25, -0.2) is 4.79 Å². The molecule has 92 valence electrons. The highest BCUT2D eigenvalue weighted by Gasteiger charge is 2.09. The fourth-order valence-corrected chi connectivity index (χ4v) is 1.41. The molecule has 2 N–H and O–H groups in total. The van der Waals surface area contributed by atoms with Crippen LogP contribution in [-0.2, 0) is 9.59 Å². The molecule has 1 rings (SSSR count). The fraction of sp³-hybridized carbons (Fsp3) is 0.333. The molecule has 0 radical (unpaired) electrons. The van der Waals surface area contributed by atoms with Crippen LogP contribution in [0.2, 0.25) is 0 Å². The molecular weight excluding hydrogens is 220 g/mol. The Morgan fingerprint density at radius 3 is 2.53 bits per heavy atom. The average molecular weight is 236 g/mol. The monoisotopic (exact) mass is 236 g/mol. The van der Waals surface area contributed by atoms with Crippen molar-refractivity contribution in [2.75, 3.05) is 25.0 Å². The van der Waals surface area contributed by atoms with Crippen molar-refractivity contribution in [3.63, 3.8) is 0 Å². The maximum atomic E-state index is 10.7. The summed E-state index contributed by atoms with van der Waals surface area (Å²) in [6, 6.07) is 9.85. The van der Waals surface area contributed by atoms with E-state index < -0.39 is 11.9 Å². The summed E-state index contributed by atoms with van der Waals surface area (Å²) in [5.41, 5.74) is 1.09. The van der Waals surface area contributed by atoms with Gasteiger partial charge in [-0.2, -0.15) is 0 Å². The van der Waals surface area contributed by atoms with Crippen LogP contribution in [0.15, 0.2) is 30.3 Å². The summed E-state index contributed by atoms with van der Waals surface area (Å²) in [7, 11) is 1.95. The lowest BCUT2D eigenvalue weighted by molar-refractivity contribution is -0.150. The molecular formula is C12H16N2O3. The zero-order chi connectivity index (χ0) is 12.7. The largest absolute Gasteiger partial charge is 0.474 e. The van der Waals surface area contributed by atoms with Gasteiger partial charge in [0.15, 0.2) is 0 Å². The number of amides is 1. The number of hydrogen-bond acceptors (Lipinski definition) is 3. The van der Waals surface area contributed by atoms with Gasteiger partial charge in [0, 0.05) is 25.8 Å². The number of nitrogens with zero attached hydrogens (tertiary/aromatic N) is 1. The van der Waals surface area contributed by atoms with E-state index in [4.69, 9.17) is 5.11 Å². The topological polar surface area (TPSA) is 69.6 Å². The smallest absolute Gasteiger partial charge is 0.394 e. The predicted molar refractivity (Wildman–Crippen MR) is 65.0 cm³/mol. The van der Waals surface area contributed by atoms with Gasteiger partial charge in [0.2, 0.25) is 0 Å². The van der Waals surface area contributed by atoms with Crippen LogP contribution in [0.5, 0.6) is 0 Å². The summed E-state index contributed by atoms with van der Waals surface area (Å²) in [4.78, 5) is 23.0. The number of aliphatic carboxylic acids is 1. The summed E-state index contributed by atoms with van der Waals surface area (Å²) in [5.74, 6) is -2.39. The molecule has 1 aromatic carbocycles. The fourth-order valence-electron chi connectivity index (χ4n) is 1.41. The van der Waals surface area contributed by atoms with E-state index in [0.29, 0.717) is 13.0 Å². The number of carbonyl (C=O) groups excluding carboxylic acids is 1. The van der Waals surface area contributed by atoms with Gasteiger partial charge in [0.05, 0.1) is 0 Å². The Morgan fingerprint density at radius 2 is 1.94 bits per heavy atom. The lowest BCUT2D eigenvalue weighted by atomic mass is 10.3. The van der Waals surface area contributed by atoms with Gasteiger partial charge in [0.25, 0.3) is 0 Å². The molecule has 0 fully saturated rings. The van der Waals surface area contributed by atoms with Crippen molar-refractivity contribution in [2.45, 2.75) is 6.42 Å². The molecule has 1 aromatic rings. The van der Waals surface area contributed by atoms with E-state index in [1.807, 2.05) is 42.3 Å². The minimum absolute atomic E-state index is 0.363. The van der Waals surface area contributed by atoms with E-state index in [9.17, 15) is 9.59 Å². The second-order valence-corrected chi connectivity index (χ2v) is 3.67. The van der Waals surface area contributed by atoms with Gasteiger partial charge >= 0.3 is 11.9 Å². The number of nitrogens with one attached hydrogen (secondary N) is 1. The normalized spacial score (nSPS) is 9.71. The molecule has 0 saturated heterocycles. The maximum absolute atomic E-state index is 10.7. The minimum Gasteiger partial charge on any atom is -0.474 e. The Morgan fingerprint density at radius 1 is 1.29 bits per heavy atom. The van der Waals surface area contributed by atoms with E-state index in [0.717, 1.165) is 12.2 Å². The predicted octanol–water partition coefficient (Wildman–Crippen LogP) is 0.714. The summed E-state index contributed by atoms with van der Waals surface area (Å²) in [6.07, 6.45) is 0.699. The van der Waals surface area contributed by atoms with Gasteiger partial charge in [-0.15, -0.1) is 0 Å². The molecule has 1 amide bonds. The highest BCUT2D eigenvalue weighted by atomic mass is 16.4. The first-order valence-electron chi connectivity index (χ1n) is 5.38. The van der Waals surface area contributed by atoms with E-state index >= 15 is 0 Å². The number of carbonyl (C=O) groups is 2. The van der Waals surface area contributed by atoms with Gasteiger partial charge < -0.3 is 15.3 Å². The molecule has 17 heavy (non-hydrogen) atoms. The van der Waals surface area contributed by atoms with Crippen LogP contribution in [0.4, 0.5) is 5.69 Å². The summed E-state index contributed by atoms with van der Waals surface area (Å²) >= 11 is 0. The molecule has 0 aromatic heterocycles. The maximum Gasteiger partial charge on any atom is 0.394 e. The minimum atomic E-state index is -1.44. The highest BCUT2D eigenvalue weighted by molar-refractivity contribution is 6.31. The summed E-state index contributed by atoms with van der Waals surface area (Å²) < 4.78 is 0. The molecule has 0 aliphatic carbocycles. The van der Waals surface area contributed by atoms with Crippen LogP contribution in [-0.4, -0.2) is 37.1 Å². The quantitative estimate of drug-likeness (QED) is 0.583. The first-order valence-corrected chi connectivity index (χ1v) is 5.38. The van der Waals surface area contributed by atoms with Gasteiger partial charge in [-0.3, -0.25) is 4.79 Å². The highest BCUT2D eigenvalue weighted by Crippen LogP contribution is 2.10. The number of benzene rings is 1. The van der Waals surface area contributed by atoms with Crippen molar-refractivity contribution in [2.24, 2.45) is 0 Å². The number of anilines is 1. The van der Waals surface area contributed by atoms with Crippen molar-refractivity contribution in [3.8, 4) is 0 Å². The average Bonchev–Trinajstić information content (AvgIpc) is 2.35. The Bertz CT molecular complexity index is 379. The van der Waals surface area contributed by atoms with E-state index in [1.165, 1.54) is 0 Å². The van der Waals surface area contributed by atoms with E-state index in [-0.39, 0.29) is 0 Å². The Kier molecular flexibility index (Phi) is 5.00. The van der Waals surface area contributed by atoms with Crippen LogP contribution in [0.3, 0.4) is 0 Å². The van der Waals surface area contributed by atoms with Crippen molar-refractivity contribution >= 4 is 17.6 Å². The third-order valence-corrected chi connectivity index (χ3v) is 2.35. The number of hydrogen-bond donors (Lipinski definition) is 2. The van der Waals surface area contributed by atoms with Crippen LogP contribution in [0, 0.1) is 0 Å². The first-order chi connectivity index (χ1) is 8.11. The summed E-state index contributed by atoms with van der Waals surface area (Å²) in [6.45, 7) is 1.12. The van der Waals surface area contributed by atoms with Gasteiger partial charge in [-0.1, -0.05) is 18.2 Å². The number of para-hydroxylation sites is 1. The van der Waals surface area contributed by atoms with Crippen LogP contribution >= 0.6 is 0 Å². The van der Waals surface area contributed by atoms with Crippen molar-refractivity contribution in [3.05, 3.63) is 30.3 Å². The lowest BCUT2D eigenvalue weighted by Crippen LogP contribution is -2.33. The van der Waals surface area contributed by atoms with Crippen LogP contribution < -0.4 is 10.2 Å². The Hall–Kier alpha value is -2.04. The molecule has 5 nitrogen and oxygen atoms in total. The molecule has 0 heterocycles. The Labute approximate surface area is 100 Å². The number of carboxylic acids is 1. The first kappa shape index (κ1) is 13.0. The molecule has 0 bridgehead atoms. The number of rotatable bonds is 5. The van der Waals surface area contributed by atoms with Crippen molar-refractivity contribution in [1.82, 2.24) is 5.32 Å². The van der Waals surface area contributed by atoms with Crippen LogP contribution in [0.1, 0.15) is 6.42 Å². The molecule has 5 heteroatoms. The second-order valence-electron chi connectivity index (χ2n) is 3.67. The molecule has 0 unspecified atom stereocenters. The van der Waals surface area contributed by atoms with Gasteiger partial charge in [-0.05, 0) is 18.6 Å². The zero-order valence-electron chi connectivity index (χ0n) is 9.72. The number of carboxylic acid groups (broad SMARTS) is 1. The van der Waals surface area contributed by atoms with E-state index in [2.05, 4.69) is 5.32 Å². The van der Waals surface area contributed by atoms with Gasteiger partial charge in [0.1, 0.15) is 0 Å². The third-order valence-electron chi connectivity index (χ3n) is 2.35. The molecule has 0 saturated carbocycles. The molecule has 0 spiro atoms. The van der Waals surface area contributed by atoms with Crippen molar-refractivity contribution < 1.29 is 14.7 Å². The van der Waals surface area contributed by atoms with Crippen molar-refractivity contribution in [1.29, 1.82) is 0 Å². The summed E-state index contributed by atoms with van der Waals surface area (Å²) in [5, 5.41) is 10.7. The Balaban J connectivity index is 2.23. The standard InChI is InChI=1S/C12H16N2O3/c1-14(10-6-3-2-4-7-10)9-5-8-13-11(15)12(16)17/h2-4,6-7H,5,8-9H2,1H3,(H,13,15)(H,16,17). The SMILES string of the molecule is CN(CCCNC(=O)C(=O)O)c1ccccc1. The lowest BCUT2D eigenvalue weighted by Gasteiger charge is -2.18. The molecule has 0 aliphatic rings. The molecule has 0 atom stereocenters. The second kappa shape index (κ2) is 6.52. The van der Waals surface area contributed by atoms with Crippen LogP contribution in [0.25, 0.3) is 0 Å². The molecule has 0 aliphatic heterocycles. The van der Waals surface area contributed by atoms with E-state index in [1.54, 1.807) is 0 Å².